The second-order valence-corrected chi connectivity index (χ2v) is 4.46. The first-order chi connectivity index (χ1) is 8.61. The number of benzene rings is 1. The number of halogens is 1. The molecule has 1 aromatic carbocycles. The molecule has 0 bridgehead atoms. The number of hydrogen-bond donors (Lipinski definition) is 2. The number of amides is 1. The minimum Gasteiger partial charge on any atom is -0.494 e. The summed E-state index contributed by atoms with van der Waals surface area (Å²) in [5.41, 5.74) is 0.316. The Balaban J connectivity index is 1.95. The highest BCUT2D eigenvalue weighted by molar-refractivity contribution is 5.94. The molecule has 1 saturated carbocycles. The van der Waals surface area contributed by atoms with E-state index in [0.29, 0.717) is 11.5 Å². The molecule has 2 N–H and O–H groups in total. The van der Waals surface area contributed by atoms with Crippen molar-refractivity contribution in [3.8, 4) is 5.75 Å². The van der Waals surface area contributed by atoms with Gasteiger partial charge in [0, 0.05) is 12.1 Å². The SMILES string of the molecule is COc1cc(C(=O)NCC(O)C2CC2)ccc1F. The smallest absolute Gasteiger partial charge is 0.251 e. The van der Waals surface area contributed by atoms with Crippen LogP contribution in [0.2, 0.25) is 0 Å². The lowest BCUT2D eigenvalue weighted by molar-refractivity contribution is 0.0900. The summed E-state index contributed by atoms with van der Waals surface area (Å²) >= 11 is 0. The third-order valence-corrected chi connectivity index (χ3v) is 3.05. The fourth-order valence-electron chi connectivity index (χ4n) is 1.75. The molecular formula is C13H16FNO3. The molecule has 2 rings (SSSR count). The van der Waals surface area contributed by atoms with Crippen molar-refractivity contribution in [3.05, 3.63) is 29.6 Å². The third-order valence-electron chi connectivity index (χ3n) is 3.05. The molecule has 0 aromatic heterocycles. The quantitative estimate of drug-likeness (QED) is 0.832. The maximum absolute atomic E-state index is 13.2. The number of aliphatic hydroxyl groups excluding tert-OH is 1. The van der Waals surface area contributed by atoms with E-state index in [1.807, 2.05) is 0 Å². The summed E-state index contributed by atoms with van der Waals surface area (Å²) < 4.78 is 18.0. The Hall–Kier alpha value is -1.62. The molecule has 0 radical (unpaired) electrons. The second kappa shape index (κ2) is 5.35. The molecule has 0 saturated heterocycles. The van der Waals surface area contributed by atoms with Gasteiger partial charge >= 0.3 is 0 Å². The van der Waals surface area contributed by atoms with Gasteiger partial charge in [-0.1, -0.05) is 0 Å². The van der Waals surface area contributed by atoms with Crippen LogP contribution in [0.25, 0.3) is 0 Å². The molecule has 4 nitrogen and oxygen atoms in total. The Morgan fingerprint density at radius 2 is 2.33 bits per heavy atom. The maximum atomic E-state index is 13.2. The number of nitrogens with one attached hydrogen (secondary N) is 1. The number of carbonyl (C=O) groups is 1. The van der Waals surface area contributed by atoms with E-state index < -0.39 is 11.9 Å². The van der Waals surface area contributed by atoms with E-state index in [1.165, 1.54) is 25.3 Å². The normalized spacial score (nSPS) is 16.2. The molecular weight excluding hydrogens is 237 g/mol. The summed E-state index contributed by atoms with van der Waals surface area (Å²) in [5, 5.41) is 12.3. The third kappa shape index (κ3) is 2.98. The van der Waals surface area contributed by atoms with Gasteiger partial charge in [-0.05, 0) is 37.0 Å². The Morgan fingerprint density at radius 1 is 1.61 bits per heavy atom. The van der Waals surface area contributed by atoms with E-state index in [9.17, 15) is 14.3 Å². The van der Waals surface area contributed by atoms with E-state index >= 15 is 0 Å². The monoisotopic (exact) mass is 253 g/mol. The zero-order chi connectivity index (χ0) is 13.1. The lowest BCUT2D eigenvalue weighted by atomic mass is 10.2. The number of aliphatic hydroxyl groups is 1. The molecule has 0 aliphatic heterocycles. The fourth-order valence-corrected chi connectivity index (χ4v) is 1.75. The van der Waals surface area contributed by atoms with Crippen LogP contribution in [-0.2, 0) is 0 Å². The van der Waals surface area contributed by atoms with Crippen LogP contribution in [0.3, 0.4) is 0 Å². The highest BCUT2D eigenvalue weighted by Crippen LogP contribution is 2.32. The van der Waals surface area contributed by atoms with Crippen LogP contribution in [0.4, 0.5) is 4.39 Å². The Bertz CT molecular complexity index is 446. The molecule has 18 heavy (non-hydrogen) atoms. The molecule has 1 aliphatic carbocycles. The number of methoxy groups -OCH3 is 1. The summed E-state index contributed by atoms with van der Waals surface area (Å²) in [6.07, 6.45) is 1.54. The zero-order valence-electron chi connectivity index (χ0n) is 10.1. The van der Waals surface area contributed by atoms with E-state index in [-0.39, 0.29) is 18.2 Å². The van der Waals surface area contributed by atoms with Gasteiger partial charge in [-0.25, -0.2) is 4.39 Å². The Morgan fingerprint density at radius 3 is 2.94 bits per heavy atom. The fraction of sp³-hybridized carbons (Fsp3) is 0.462. The van der Waals surface area contributed by atoms with Gasteiger partial charge in [0.15, 0.2) is 11.6 Å². The molecule has 1 fully saturated rings. The van der Waals surface area contributed by atoms with E-state index in [2.05, 4.69) is 5.32 Å². The van der Waals surface area contributed by atoms with Gasteiger partial charge in [0.1, 0.15) is 0 Å². The van der Waals surface area contributed by atoms with E-state index in [0.717, 1.165) is 12.8 Å². The first kappa shape index (κ1) is 12.8. The molecule has 5 heteroatoms. The van der Waals surface area contributed by atoms with E-state index in [1.54, 1.807) is 0 Å². The predicted octanol–water partition coefficient (Wildman–Crippen LogP) is 1.33. The average Bonchev–Trinajstić information content (AvgIpc) is 3.20. The van der Waals surface area contributed by atoms with Gasteiger partial charge in [-0.15, -0.1) is 0 Å². The van der Waals surface area contributed by atoms with Gasteiger partial charge in [0.05, 0.1) is 13.2 Å². The summed E-state index contributed by atoms with van der Waals surface area (Å²) in [6.45, 7) is 0.225. The second-order valence-electron chi connectivity index (χ2n) is 4.46. The first-order valence-electron chi connectivity index (χ1n) is 5.91. The van der Waals surface area contributed by atoms with Crippen LogP contribution >= 0.6 is 0 Å². The summed E-state index contributed by atoms with van der Waals surface area (Å²) in [5.74, 6) is -0.501. The highest BCUT2D eigenvalue weighted by Gasteiger charge is 2.29. The molecule has 0 spiro atoms. The lowest BCUT2D eigenvalue weighted by Gasteiger charge is -2.11. The van der Waals surface area contributed by atoms with Crippen molar-refractivity contribution in [1.82, 2.24) is 5.32 Å². The number of hydrogen-bond acceptors (Lipinski definition) is 3. The lowest BCUT2D eigenvalue weighted by Crippen LogP contribution is -2.33. The van der Waals surface area contributed by atoms with Gasteiger partial charge in [-0.3, -0.25) is 4.79 Å². The Labute approximate surface area is 105 Å². The van der Waals surface area contributed by atoms with Crippen LogP contribution in [0, 0.1) is 11.7 Å². The van der Waals surface area contributed by atoms with Crippen LogP contribution in [0.15, 0.2) is 18.2 Å². The summed E-state index contributed by atoms with van der Waals surface area (Å²) in [7, 11) is 1.34. The van der Waals surface area contributed by atoms with Crippen LogP contribution in [-0.4, -0.2) is 30.8 Å². The van der Waals surface area contributed by atoms with Crippen LogP contribution in [0.5, 0.6) is 5.75 Å². The minimum atomic E-state index is -0.507. The van der Waals surface area contributed by atoms with Gasteiger partial charge in [0.2, 0.25) is 0 Å². The molecule has 1 amide bonds. The van der Waals surface area contributed by atoms with Gasteiger partial charge in [-0.2, -0.15) is 0 Å². The van der Waals surface area contributed by atoms with Crippen LogP contribution < -0.4 is 10.1 Å². The number of ether oxygens (including phenoxy) is 1. The van der Waals surface area contributed by atoms with Crippen molar-refractivity contribution in [3.63, 3.8) is 0 Å². The van der Waals surface area contributed by atoms with Crippen molar-refractivity contribution in [2.75, 3.05) is 13.7 Å². The molecule has 0 heterocycles. The standard InChI is InChI=1S/C13H16FNO3/c1-18-12-6-9(4-5-10(12)14)13(17)15-7-11(16)8-2-3-8/h4-6,8,11,16H,2-3,7H2,1H3,(H,15,17). The summed E-state index contributed by atoms with van der Waals surface area (Å²) in [6, 6.07) is 3.91. The van der Waals surface area contributed by atoms with Crippen molar-refractivity contribution in [2.45, 2.75) is 18.9 Å². The van der Waals surface area contributed by atoms with Crippen molar-refractivity contribution in [2.24, 2.45) is 5.92 Å². The molecule has 1 unspecified atom stereocenters. The summed E-state index contributed by atoms with van der Waals surface area (Å²) in [4.78, 5) is 11.8. The van der Waals surface area contributed by atoms with Crippen molar-refractivity contribution < 1.29 is 19.0 Å². The van der Waals surface area contributed by atoms with Crippen LogP contribution in [0.1, 0.15) is 23.2 Å². The number of rotatable bonds is 5. The van der Waals surface area contributed by atoms with Crippen molar-refractivity contribution >= 4 is 5.91 Å². The minimum absolute atomic E-state index is 0.0328. The van der Waals surface area contributed by atoms with E-state index in [4.69, 9.17) is 4.74 Å². The zero-order valence-corrected chi connectivity index (χ0v) is 10.1. The molecule has 1 aromatic rings. The number of carbonyl (C=O) groups excluding carboxylic acids is 1. The first-order valence-corrected chi connectivity index (χ1v) is 5.91. The maximum Gasteiger partial charge on any atom is 0.251 e. The predicted molar refractivity (Wildman–Crippen MR) is 64.0 cm³/mol. The van der Waals surface area contributed by atoms with Crippen molar-refractivity contribution in [1.29, 1.82) is 0 Å². The molecule has 1 aliphatic rings. The highest BCUT2D eigenvalue weighted by atomic mass is 19.1. The molecule has 1 atom stereocenters. The average molecular weight is 253 g/mol. The van der Waals surface area contributed by atoms with Gasteiger partial charge in [0.25, 0.3) is 5.91 Å². The Kier molecular flexibility index (Phi) is 3.81. The topological polar surface area (TPSA) is 58.6 Å². The molecule has 98 valence electrons. The largest absolute Gasteiger partial charge is 0.494 e. The van der Waals surface area contributed by atoms with Gasteiger partial charge < -0.3 is 15.2 Å².